The summed E-state index contributed by atoms with van der Waals surface area (Å²) in [5.74, 6) is 1.82. The molecule has 1 aliphatic rings. The van der Waals surface area contributed by atoms with Crippen LogP contribution in [-0.4, -0.2) is 37.1 Å². The molecule has 0 aromatic heterocycles. The van der Waals surface area contributed by atoms with Crippen LogP contribution in [0.5, 0.6) is 0 Å². The predicted molar refractivity (Wildman–Crippen MR) is 81.0 cm³/mol. The zero-order chi connectivity index (χ0) is 13.4. The lowest BCUT2D eigenvalue weighted by Crippen LogP contribution is -2.40. The molecule has 0 aliphatic heterocycles. The van der Waals surface area contributed by atoms with Crippen LogP contribution in [0.1, 0.15) is 59.8 Å². The third kappa shape index (κ3) is 5.71. The van der Waals surface area contributed by atoms with E-state index in [1.807, 2.05) is 0 Å². The highest BCUT2D eigenvalue weighted by Crippen LogP contribution is 2.29. The van der Waals surface area contributed by atoms with Crippen LogP contribution in [0.3, 0.4) is 0 Å². The van der Waals surface area contributed by atoms with Crippen LogP contribution >= 0.6 is 0 Å². The Hall–Kier alpha value is -0.0800. The Balaban J connectivity index is 2.18. The summed E-state index contributed by atoms with van der Waals surface area (Å²) in [5.41, 5.74) is 0. The van der Waals surface area contributed by atoms with Gasteiger partial charge in [0.05, 0.1) is 0 Å². The molecule has 1 fully saturated rings. The minimum atomic E-state index is 0.784. The summed E-state index contributed by atoms with van der Waals surface area (Å²) >= 11 is 0. The molecule has 1 saturated carbocycles. The summed E-state index contributed by atoms with van der Waals surface area (Å²) in [4.78, 5) is 2.55. The zero-order valence-electron chi connectivity index (χ0n) is 13.0. The fourth-order valence-electron chi connectivity index (χ4n) is 3.19. The Kier molecular flexibility index (Phi) is 7.92. The van der Waals surface area contributed by atoms with E-state index in [2.05, 4.69) is 37.9 Å². The average Bonchev–Trinajstić information content (AvgIpc) is 2.38. The highest BCUT2D eigenvalue weighted by molar-refractivity contribution is 4.79. The van der Waals surface area contributed by atoms with E-state index < -0.39 is 0 Å². The lowest BCUT2D eigenvalue weighted by Gasteiger charge is -2.32. The Morgan fingerprint density at radius 3 is 2.56 bits per heavy atom. The van der Waals surface area contributed by atoms with Gasteiger partial charge in [0, 0.05) is 19.1 Å². The minimum absolute atomic E-state index is 0.784. The smallest absolute Gasteiger partial charge is 0.0107 e. The number of rotatable bonds is 8. The van der Waals surface area contributed by atoms with E-state index in [1.54, 1.807) is 0 Å². The molecule has 0 aromatic rings. The molecule has 108 valence electrons. The summed E-state index contributed by atoms with van der Waals surface area (Å²) < 4.78 is 0. The molecule has 0 radical (unpaired) electrons. The van der Waals surface area contributed by atoms with Gasteiger partial charge in [-0.1, -0.05) is 40.5 Å². The van der Waals surface area contributed by atoms with Gasteiger partial charge in [0.1, 0.15) is 0 Å². The number of nitrogens with zero attached hydrogens (tertiary/aromatic N) is 1. The second-order valence-corrected chi connectivity index (χ2v) is 6.26. The highest BCUT2D eigenvalue weighted by atomic mass is 15.1. The second-order valence-electron chi connectivity index (χ2n) is 6.26. The van der Waals surface area contributed by atoms with Gasteiger partial charge in [-0.25, -0.2) is 0 Å². The van der Waals surface area contributed by atoms with Crippen molar-refractivity contribution in [3.8, 4) is 0 Å². The van der Waals surface area contributed by atoms with Crippen molar-refractivity contribution in [1.29, 1.82) is 0 Å². The highest BCUT2D eigenvalue weighted by Gasteiger charge is 2.23. The van der Waals surface area contributed by atoms with Crippen LogP contribution in [0.15, 0.2) is 0 Å². The van der Waals surface area contributed by atoms with E-state index in [1.165, 1.54) is 58.3 Å². The normalized spacial score (nSPS) is 25.0. The maximum Gasteiger partial charge on any atom is 0.0107 e. The van der Waals surface area contributed by atoms with Gasteiger partial charge in [0.25, 0.3) is 0 Å². The number of hydrogen-bond acceptors (Lipinski definition) is 2. The molecule has 2 atom stereocenters. The van der Waals surface area contributed by atoms with Crippen molar-refractivity contribution in [2.24, 2.45) is 11.8 Å². The molecule has 1 N–H and O–H groups in total. The fourth-order valence-corrected chi connectivity index (χ4v) is 3.19. The predicted octanol–water partition coefficient (Wildman–Crippen LogP) is 3.52. The lowest BCUT2D eigenvalue weighted by atomic mass is 9.79. The molecule has 0 saturated heterocycles. The first-order chi connectivity index (χ1) is 8.67. The van der Waals surface area contributed by atoms with Crippen LogP contribution in [-0.2, 0) is 0 Å². The molecule has 0 heterocycles. The van der Waals surface area contributed by atoms with Crippen molar-refractivity contribution >= 4 is 0 Å². The number of nitrogens with one attached hydrogen (secondary N) is 1. The van der Waals surface area contributed by atoms with Gasteiger partial charge in [-0.05, 0) is 44.2 Å². The van der Waals surface area contributed by atoms with Crippen molar-refractivity contribution in [2.75, 3.05) is 26.2 Å². The average molecular weight is 254 g/mol. The van der Waals surface area contributed by atoms with Gasteiger partial charge in [0.15, 0.2) is 0 Å². The van der Waals surface area contributed by atoms with Gasteiger partial charge in [-0.3, -0.25) is 0 Å². The van der Waals surface area contributed by atoms with Crippen molar-refractivity contribution in [3.63, 3.8) is 0 Å². The van der Waals surface area contributed by atoms with E-state index in [0.717, 1.165) is 17.9 Å². The number of likely N-dealkylation sites (N-methyl/N-ethyl adjacent to an activating group) is 1. The summed E-state index contributed by atoms with van der Waals surface area (Å²) in [6.07, 6.45) is 6.94. The first-order valence-electron chi connectivity index (χ1n) is 8.13. The largest absolute Gasteiger partial charge is 0.313 e. The standard InChI is InChI=1S/C16H34N2/c1-5-11-18(6-2)12-10-17-16-9-7-8-15(13-16)14(3)4/h14-17H,5-13H2,1-4H3. The van der Waals surface area contributed by atoms with Crippen molar-refractivity contribution in [1.82, 2.24) is 10.2 Å². The molecule has 2 unspecified atom stereocenters. The molecule has 0 aromatic carbocycles. The zero-order valence-corrected chi connectivity index (χ0v) is 13.0. The summed E-state index contributed by atoms with van der Waals surface area (Å²) in [6, 6.07) is 0.784. The maximum absolute atomic E-state index is 3.79. The van der Waals surface area contributed by atoms with E-state index in [0.29, 0.717) is 0 Å². The molecule has 2 nitrogen and oxygen atoms in total. The van der Waals surface area contributed by atoms with Crippen molar-refractivity contribution in [2.45, 2.75) is 65.8 Å². The Bertz CT molecular complexity index is 203. The Morgan fingerprint density at radius 2 is 1.94 bits per heavy atom. The SMILES string of the molecule is CCCN(CC)CCNC1CCCC(C(C)C)C1. The van der Waals surface area contributed by atoms with Crippen molar-refractivity contribution in [3.05, 3.63) is 0 Å². The van der Waals surface area contributed by atoms with Crippen LogP contribution in [0.2, 0.25) is 0 Å². The van der Waals surface area contributed by atoms with Crippen LogP contribution < -0.4 is 5.32 Å². The van der Waals surface area contributed by atoms with E-state index in [9.17, 15) is 0 Å². The van der Waals surface area contributed by atoms with Gasteiger partial charge < -0.3 is 10.2 Å². The van der Waals surface area contributed by atoms with Gasteiger partial charge in [-0.2, -0.15) is 0 Å². The molecule has 0 bridgehead atoms. The third-order valence-electron chi connectivity index (χ3n) is 4.51. The van der Waals surface area contributed by atoms with Gasteiger partial charge in [0.2, 0.25) is 0 Å². The van der Waals surface area contributed by atoms with Gasteiger partial charge in [-0.15, -0.1) is 0 Å². The van der Waals surface area contributed by atoms with E-state index in [4.69, 9.17) is 0 Å². The van der Waals surface area contributed by atoms with Crippen LogP contribution in [0.25, 0.3) is 0 Å². The Labute approximate surface area is 115 Å². The molecule has 2 heteroatoms. The minimum Gasteiger partial charge on any atom is -0.313 e. The lowest BCUT2D eigenvalue weighted by molar-refractivity contribution is 0.220. The molecule has 0 amide bonds. The van der Waals surface area contributed by atoms with E-state index in [-0.39, 0.29) is 0 Å². The topological polar surface area (TPSA) is 15.3 Å². The summed E-state index contributed by atoms with van der Waals surface area (Å²) in [6.45, 7) is 14.1. The summed E-state index contributed by atoms with van der Waals surface area (Å²) in [7, 11) is 0. The molecular formula is C16H34N2. The van der Waals surface area contributed by atoms with Crippen molar-refractivity contribution < 1.29 is 0 Å². The van der Waals surface area contributed by atoms with E-state index >= 15 is 0 Å². The molecular weight excluding hydrogens is 220 g/mol. The van der Waals surface area contributed by atoms with Crippen LogP contribution in [0, 0.1) is 11.8 Å². The van der Waals surface area contributed by atoms with Gasteiger partial charge >= 0.3 is 0 Å². The second kappa shape index (κ2) is 8.92. The molecule has 18 heavy (non-hydrogen) atoms. The Morgan fingerprint density at radius 1 is 1.17 bits per heavy atom. The monoisotopic (exact) mass is 254 g/mol. The van der Waals surface area contributed by atoms with Crippen LogP contribution in [0.4, 0.5) is 0 Å². The number of hydrogen-bond donors (Lipinski definition) is 1. The molecule has 1 rings (SSSR count). The first kappa shape index (κ1) is 16.0. The maximum atomic E-state index is 3.79. The quantitative estimate of drug-likeness (QED) is 0.713. The molecule has 0 spiro atoms. The third-order valence-corrected chi connectivity index (χ3v) is 4.51. The fraction of sp³-hybridized carbons (Fsp3) is 1.00. The summed E-state index contributed by atoms with van der Waals surface area (Å²) in [5, 5.41) is 3.79. The molecule has 1 aliphatic carbocycles. The first-order valence-corrected chi connectivity index (χ1v) is 8.13.